The molecule has 3 aromatic rings. The molecule has 0 bridgehead atoms. The second-order valence-electron chi connectivity index (χ2n) is 4.86. The minimum atomic E-state index is -0.353. The van der Waals surface area contributed by atoms with Crippen molar-refractivity contribution >= 4 is 5.97 Å². The van der Waals surface area contributed by atoms with E-state index in [9.17, 15) is 4.79 Å². The third kappa shape index (κ3) is 2.91. The first-order chi connectivity index (χ1) is 10.8. The van der Waals surface area contributed by atoms with Gasteiger partial charge in [-0.25, -0.2) is 9.78 Å². The van der Waals surface area contributed by atoms with E-state index < -0.39 is 0 Å². The van der Waals surface area contributed by atoms with E-state index in [1.807, 2.05) is 30.3 Å². The fourth-order valence-corrected chi connectivity index (χ4v) is 2.29. The molecule has 0 saturated heterocycles. The fourth-order valence-electron chi connectivity index (χ4n) is 2.29. The zero-order chi connectivity index (χ0) is 15.4. The van der Waals surface area contributed by atoms with Gasteiger partial charge in [-0.15, -0.1) is 0 Å². The van der Waals surface area contributed by atoms with Crippen LogP contribution >= 0.6 is 0 Å². The summed E-state index contributed by atoms with van der Waals surface area (Å²) in [5.41, 5.74) is 3.44. The second kappa shape index (κ2) is 6.26. The van der Waals surface area contributed by atoms with Gasteiger partial charge in [-0.1, -0.05) is 42.5 Å². The molecule has 0 aliphatic carbocycles. The summed E-state index contributed by atoms with van der Waals surface area (Å²) in [7, 11) is 1.37. The molecule has 0 fully saturated rings. The van der Waals surface area contributed by atoms with E-state index in [4.69, 9.17) is 9.15 Å². The van der Waals surface area contributed by atoms with E-state index in [-0.39, 0.29) is 5.97 Å². The van der Waals surface area contributed by atoms with Crippen LogP contribution in [0.1, 0.15) is 21.6 Å². The molecule has 4 nitrogen and oxygen atoms in total. The topological polar surface area (TPSA) is 52.3 Å². The number of oxazole rings is 1. The lowest BCUT2D eigenvalue weighted by atomic mass is 10.0. The van der Waals surface area contributed by atoms with Crippen LogP contribution in [0.2, 0.25) is 0 Å². The molecule has 1 heterocycles. The average Bonchev–Trinajstić information content (AvgIpc) is 3.03. The Morgan fingerprint density at radius 2 is 1.82 bits per heavy atom. The molecule has 2 aromatic carbocycles. The molecule has 0 radical (unpaired) electrons. The maximum atomic E-state index is 11.5. The van der Waals surface area contributed by atoms with Crippen molar-refractivity contribution < 1.29 is 13.9 Å². The summed E-state index contributed by atoms with van der Waals surface area (Å²) in [6.45, 7) is 0. The van der Waals surface area contributed by atoms with Crippen LogP contribution < -0.4 is 0 Å². The van der Waals surface area contributed by atoms with Gasteiger partial charge in [-0.05, 0) is 17.7 Å². The third-order valence-electron chi connectivity index (χ3n) is 3.42. The van der Waals surface area contributed by atoms with Crippen molar-refractivity contribution in [3.05, 3.63) is 77.8 Å². The molecule has 3 rings (SSSR count). The molecule has 0 saturated carbocycles. The van der Waals surface area contributed by atoms with Crippen molar-refractivity contribution in [3.8, 4) is 11.3 Å². The average molecular weight is 293 g/mol. The van der Waals surface area contributed by atoms with E-state index >= 15 is 0 Å². The maximum Gasteiger partial charge on any atom is 0.337 e. The van der Waals surface area contributed by atoms with Crippen LogP contribution in [-0.4, -0.2) is 18.1 Å². The number of carbonyl (C=O) groups excluding carboxylic acids is 1. The Morgan fingerprint density at radius 3 is 2.50 bits per heavy atom. The van der Waals surface area contributed by atoms with E-state index in [0.29, 0.717) is 12.0 Å². The lowest BCUT2D eigenvalue weighted by molar-refractivity contribution is 0.0601. The highest BCUT2D eigenvalue weighted by Crippen LogP contribution is 2.25. The van der Waals surface area contributed by atoms with Gasteiger partial charge in [0.05, 0.1) is 18.4 Å². The Labute approximate surface area is 128 Å². The van der Waals surface area contributed by atoms with E-state index in [1.165, 1.54) is 19.1 Å². The standard InChI is InChI=1S/C18H15NO3/c1-21-18(20)15-9-7-14(8-10-15)17-16(19-12-22-17)11-13-5-3-2-4-6-13/h2-10,12H,11H2,1H3. The van der Waals surface area contributed by atoms with Crippen molar-refractivity contribution in [2.75, 3.05) is 7.11 Å². The van der Waals surface area contributed by atoms with Gasteiger partial charge in [0.2, 0.25) is 0 Å². The zero-order valence-corrected chi connectivity index (χ0v) is 12.2. The molecule has 110 valence electrons. The Hall–Kier alpha value is -2.88. The number of hydrogen-bond acceptors (Lipinski definition) is 4. The maximum absolute atomic E-state index is 11.5. The number of esters is 1. The van der Waals surface area contributed by atoms with Gasteiger partial charge in [0, 0.05) is 12.0 Å². The number of carbonyl (C=O) groups is 1. The molecule has 0 atom stereocenters. The number of nitrogens with zero attached hydrogens (tertiary/aromatic N) is 1. The number of aromatic nitrogens is 1. The number of ether oxygens (including phenoxy) is 1. The Morgan fingerprint density at radius 1 is 1.09 bits per heavy atom. The summed E-state index contributed by atoms with van der Waals surface area (Å²) >= 11 is 0. The largest absolute Gasteiger partial charge is 0.465 e. The van der Waals surface area contributed by atoms with E-state index in [0.717, 1.165) is 17.0 Å². The van der Waals surface area contributed by atoms with Gasteiger partial charge in [0.25, 0.3) is 0 Å². The Kier molecular flexibility index (Phi) is 4.01. The van der Waals surface area contributed by atoms with Crippen molar-refractivity contribution in [1.82, 2.24) is 4.98 Å². The van der Waals surface area contributed by atoms with Crippen LogP contribution in [0, 0.1) is 0 Å². The highest BCUT2D eigenvalue weighted by molar-refractivity contribution is 5.89. The molecular weight excluding hydrogens is 278 g/mol. The van der Waals surface area contributed by atoms with Gasteiger partial charge in [0.1, 0.15) is 0 Å². The molecule has 0 unspecified atom stereocenters. The molecule has 0 amide bonds. The first kappa shape index (κ1) is 14.1. The monoisotopic (exact) mass is 293 g/mol. The Bertz CT molecular complexity index is 761. The zero-order valence-electron chi connectivity index (χ0n) is 12.2. The van der Waals surface area contributed by atoms with Crippen LogP contribution in [0.25, 0.3) is 11.3 Å². The minimum absolute atomic E-state index is 0.353. The highest BCUT2D eigenvalue weighted by Gasteiger charge is 2.12. The molecule has 1 aromatic heterocycles. The van der Waals surface area contributed by atoms with Gasteiger partial charge >= 0.3 is 5.97 Å². The van der Waals surface area contributed by atoms with E-state index in [1.54, 1.807) is 12.1 Å². The van der Waals surface area contributed by atoms with Gasteiger partial charge in [0.15, 0.2) is 12.2 Å². The third-order valence-corrected chi connectivity index (χ3v) is 3.42. The summed E-state index contributed by atoms with van der Waals surface area (Å²) in [6, 6.07) is 17.2. The van der Waals surface area contributed by atoms with Crippen LogP contribution in [0.5, 0.6) is 0 Å². The second-order valence-corrected chi connectivity index (χ2v) is 4.86. The van der Waals surface area contributed by atoms with Crippen molar-refractivity contribution in [1.29, 1.82) is 0 Å². The van der Waals surface area contributed by atoms with Gasteiger partial charge in [-0.3, -0.25) is 0 Å². The molecule has 4 heteroatoms. The lowest BCUT2D eigenvalue weighted by Gasteiger charge is -2.03. The van der Waals surface area contributed by atoms with E-state index in [2.05, 4.69) is 17.1 Å². The predicted octanol–water partition coefficient (Wildman–Crippen LogP) is 3.72. The Balaban J connectivity index is 1.87. The number of hydrogen-bond donors (Lipinski definition) is 0. The summed E-state index contributed by atoms with van der Waals surface area (Å²) < 4.78 is 10.2. The predicted molar refractivity (Wildman–Crippen MR) is 82.5 cm³/mol. The number of benzene rings is 2. The van der Waals surface area contributed by atoms with Crippen molar-refractivity contribution in [3.63, 3.8) is 0 Å². The fraction of sp³-hybridized carbons (Fsp3) is 0.111. The molecule has 0 aliphatic heterocycles. The van der Waals surface area contributed by atoms with Gasteiger partial charge in [-0.2, -0.15) is 0 Å². The van der Waals surface area contributed by atoms with Crippen LogP contribution in [-0.2, 0) is 11.2 Å². The van der Waals surface area contributed by atoms with Crippen molar-refractivity contribution in [2.24, 2.45) is 0 Å². The van der Waals surface area contributed by atoms with Crippen LogP contribution in [0.15, 0.2) is 65.4 Å². The smallest absolute Gasteiger partial charge is 0.337 e. The van der Waals surface area contributed by atoms with Crippen LogP contribution in [0.4, 0.5) is 0 Å². The number of rotatable bonds is 4. The first-order valence-electron chi connectivity index (χ1n) is 6.93. The summed E-state index contributed by atoms with van der Waals surface area (Å²) in [6.07, 6.45) is 2.15. The SMILES string of the molecule is COC(=O)c1ccc(-c2ocnc2Cc2ccccc2)cc1. The van der Waals surface area contributed by atoms with Crippen LogP contribution in [0.3, 0.4) is 0 Å². The first-order valence-corrected chi connectivity index (χ1v) is 6.93. The molecule has 0 aliphatic rings. The minimum Gasteiger partial charge on any atom is -0.465 e. The highest BCUT2D eigenvalue weighted by atomic mass is 16.5. The molecule has 22 heavy (non-hydrogen) atoms. The lowest BCUT2D eigenvalue weighted by Crippen LogP contribution is -2.00. The molecular formula is C18H15NO3. The quantitative estimate of drug-likeness (QED) is 0.688. The number of methoxy groups -OCH3 is 1. The summed E-state index contributed by atoms with van der Waals surface area (Å²) in [4.78, 5) is 15.8. The summed E-state index contributed by atoms with van der Waals surface area (Å²) in [5, 5.41) is 0. The molecule has 0 N–H and O–H groups in total. The molecule has 0 spiro atoms. The summed E-state index contributed by atoms with van der Waals surface area (Å²) in [5.74, 6) is 0.369. The van der Waals surface area contributed by atoms with Crippen molar-refractivity contribution in [2.45, 2.75) is 6.42 Å². The van der Waals surface area contributed by atoms with Gasteiger partial charge < -0.3 is 9.15 Å². The normalized spacial score (nSPS) is 10.4.